The van der Waals surface area contributed by atoms with Crippen LogP contribution in [0.25, 0.3) is 0 Å². The van der Waals surface area contributed by atoms with E-state index in [0.29, 0.717) is 19.3 Å². The molecule has 604 valence electrons. The van der Waals surface area contributed by atoms with Crippen LogP contribution in [0.5, 0.6) is 0 Å². The molecule has 0 radical (unpaired) electrons. The van der Waals surface area contributed by atoms with E-state index in [0.717, 1.165) is 154 Å². The lowest BCUT2D eigenvalue weighted by molar-refractivity contribution is -0.161. The molecule has 0 saturated carbocycles. The van der Waals surface area contributed by atoms with Crippen LogP contribution in [0.2, 0.25) is 0 Å². The van der Waals surface area contributed by atoms with Crippen LogP contribution in [0.3, 0.4) is 0 Å². The van der Waals surface area contributed by atoms with Crippen molar-refractivity contribution in [1.82, 2.24) is 0 Å². The average molecular weight is 1510 g/mol. The van der Waals surface area contributed by atoms with Crippen LogP contribution in [0, 0.1) is 0 Å². The number of phosphoric acid groups is 2. The first-order valence-electron chi connectivity index (χ1n) is 41.5. The number of hydrogen-bond donors (Lipinski definition) is 4. The fourth-order valence-corrected chi connectivity index (χ4v) is 12.7. The molecule has 0 aliphatic rings. The average Bonchev–Trinajstić information content (AvgIpc) is 0.914. The van der Waals surface area contributed by atoms with E-state index < -0.39 is 91.5 Å². The highest BCUT2D eigenvalue weighted by atomic mass is 31.2. The van der Waals surface area contributed by atoms with E-state index in [1.54, 1.807) is 0 Å². The molecule has 0 aromatic heterocycles. The minimum absolute atomic E-state index is 0.102. The van der Waals surface area contributed by atoms with Crippen LogP contribution in [0.4, 0.5) is 0 Å². The molecule has 16 nitrogen and oxygen atoms in total. The first-order valence-corrected chi connectivity index (χ1v) is 44.5. The number of ether oxygens (including phenoxy) is 3. The monoisotopic (exact) mass is 1510 g/mol. The van der Waals surface area contributed by atoms with Crippen molar-refractivity contribution in [3.63, 3.8) is 0 Å². The van der Waals surface area contributed by atoms with Gasteiger partial charge in [0, 0.05) is 19.3 Å². The molecule has 0 aromatic rings. The fourth-order valence-electron chi connectivity index (χ4n) is 11.1. The summed E-state index contributed by atoms with van der Waals surface area (Å²) in [5.41, 5.74) is 0. The van der Waals surface area contributed by atoms with Crippen molar-refractivity contribution in [2.24, 2.45) is 0 Å². The Bertz CT molecular complexity index is 2440. The Morgan fingerprint density at radius 3 is 0.800 bits per heavy atom. The number of allylic oxidation sites excluding steroid dienone is 22. The van der Waals surface area contributed by atoms with E-state index in [4.69, 9.17) is 32.3 Å². The summed E-state index contributed by atoms with van der Waals surface area (Å²) in [6.45, 7) is 2.47. The number of aliphatic hydroxyl groups is 2. The number of carbonyl (C=O) groups is 3. The fraction of sp³-hybridized carbons (Fsp3) is 0.713. The number of rotatable bonds is 78. The third-order valence-electron chi connectivity index (χ3n) is 17.4. The quantitative estimate of drug-likeness (QED) is 0.0146. The molecule has 0 amide bonds. The number of hydrogen-bond acceptors (Lipinski definition) is 14. The lowest BCUT2D eigenvalue weighted by Crippen LogP contribution is -2.30. The van der Waals surface area contributed by atoms with Gasteiger partial charge in [-0.25, -0.2) is 9.13 Å². The molecule has 0 rings (SSSR count). The smallest absolute Gasteiger partial charge is 0.463 e. The van der Waals surface area contributed by atoms with Gasteiger partial charge in [0.05, 0.1) is 26.4 Å². The molecule has 0 bridgehead atoms. The van der Waals surface area contributed by atoms with Gasteiger partial charge in [0.25, 0.3) is 0 Å². The van der Waals surface area contributed by atoms with E-state index in [2.05, 4.69) is 154 Å². The van der Waals surface area contributed by atoms with E-state index in [-0.39, 0.29) is 19.3 Å². The van der Waals surface area contributed by atoms with Crippen LogP contribution in [0.15, 0.2) is 134 Å². The van der Waals surface area contributed by atoms with Gasteiger partial charge in [0.15, 0.2) is 6.10 Å². The summed E-state index contributed by atoms with van der Waals surface area (Å²) in [6.07, 6.45) is 96.5. The first-order chi connectivity index (χ1) is 51.2. The maximum absolute atomic E-state index is 13.0. The second-order valence-corrected chi connectivity index (χ2v) is 30.4. The van der Waals surface area contributed by atoms with Crippen LogP contribution >= 0.6 is 15.6 Å². The van der Waals surface area contributed by atoms with Crippen molar-refractivity contribution >= 4 is 33.6 Å². The van der Waals surface area contributed by atoms with Gasteiger partial charge in [-0.3, -0.25) is 32.5 Å². The first kappa shape index (κ1) is 101. The summed E-state index contributed by atoms with van der Waals surface area (Å²) in [5.74, 6) is -1.58. The zero-order valence-electron chi connectivity index (χ0n) is 66.1. The van der Waals surface area contributed by atoms with Crippen molar-refractivity contribution in [2.45, 2.75) is 360 Å². The predicted octanol–water partition coefficient (Wildman–Crippen LogP) is 24.7. The third kappa shape index (κ3) is 80.5. The summed E-state index contributed by atoms with van der Waals surface area (Å²) in [5, 5.41) is 20.7. The SMILES string of the molecule is CC/C=C\C/C=C\C/C=C\C/C=C\C/C=C\C/C=C\CCCCCCCCC(=O)OCC(COP(=O)(O)OCC(O)COP(=O)(O)OCC(O)COC(=O)CCCCCCCCCCCCCCCCC/C=C\C/C=C\C/C=C\C/C=C\C/C=C\CC)OC(=O)CCCCCCCCCCCCCCC. The van der Waals surface area contributed by atoms with Crippen molar-refractivity contribution in [3.8, 4) is 0 Å². The predicted molar refractivity (Wildman–Crippen MR) is 436 cm³/mol. The Kier molecular flexibility index (Phi) is 76.0. The molecule has 105 heavy (non-hydrogen) atoms. The highest BCUT2D eigenvalue weighted by Crippen LogP contribution is 2.45. The van der Waals surface area contributed by atoms with Gasteiger partial charge in [-0.1, -0.05) is 341 Å². The highest BCUT2D eigenvalue weighted by molar-refractivity contribution is 7.47. The summed E-state index contributed by atoms with van der Waals surface area (Å²) >= 11 is 0. The molecular formula is C87H150O16P2. The third-order valence-corrected chi connectivity index (χ3v) is 19.3. The zero-order chi connectivity index (χ0) is 76.6. The van der Waals surface area contributed by atoms with Gasteiger partial charge in [0.1, 0.15) is 25.4 Å². The Labute approximate surface area is 639 Å². The molecule has 5 atom stereocenters. The number of aliphatic hydroxyl groups excluding tert-OH is 2. The second-order valence-electron chi connectivity index (χ2n) is 27.5. The van der Waals surface area contributed by atoms with Gasteiger partial charge >= 0.3 is 33.6 Å². The lowest BCUT2D eigenvalue weighted by atomic mass is 10.0. The Hall–Kier alpha value is -4.31. The lowest BCUT2D eigenvalue weighted by Gasteiger charge is -2.21. The normalized spacial score (nSPS) is 14.6. The van der Waals surface area contributed by atoms with Gasteiger partial charge < -0.3 is 34.2 Å². The Morgan fingerprint density at radius 2 is 0.505 bits per heavy atom. The number of esters is 3. The summed E-state index contributed by atoms with van der Waals surface area (Å²) < 4.78 is 61.2. The second kappa shape index (κ2) is 79.2. The van der Waals surface area contributed by atoms with Crippen LogP contribution in [-0.4, -0.2) is 95.9 Å². The number of carbonyl (C=O) groups excluding carboxylic acids is 3. The zero-order valence-corrected chi connectivity index (χ0v) is 67.9. The van der Waals surface area contributed by atoms with Gasteiger partial charge in [-0.2, -0.15) is 0 Å². The summed E-state index contributed by atoms with van der Waals surface area (Å²) in [6, 6.07) is 0. The molecule has 0 aromatic carbocycles. The molecular weight excluding hydrogens is 1360 g/mol. The standard InChI is InChI=1S/C87H150O16P2/c1-4-7-10-13-16-19-22-25-27-29-31-33-35-37-38-39-40-41-42-44-46-47-49-51-53-56-58-61-64-67-70-73-85(90)97-76-82(88)77-99-104(93,94)100-78-83(89)79-101-105(95,96)102-81-84(103-87(92)75-72-69-66-63-60-55-24-21-18-15-12-9-6-3)80-98-86(91)74-71-68-65-62-59-57-54-52-50-48-45-43-36-34-32-30-28-26-23-20-17-14-11-8-5-2/h7-8,10-11,16-17,19-20,25-28,31-34,37-38,43,45,50,52,82-84,88-89H,4-6,9,12-15,18,21-24,29-30,35-36,39-42,44,46-49,51,53-81H2,1-3H3,(H,93,94)(H,95,96)/b10-7-,11-8-,19-16-,20-17-,27-25-,28-26-,33-31-,34-32-,38-37-,45-43-,52-50-. The maximum Gasteiger partial charge on any atom is 0.472 e. The van der Waals surface area contributed by atoms with Crippen LogP contribution in [-0.2, 0) is 55.8 Å². The maximum atomic E-state index is 13.0. The van der Waals surface area contributed by atoms with Gasteiger partial charge in [-0.15, -0.1) is 0 Å². The topological polar surface area (TPSA) is 231 Å². The molecule has 0 aliphatic heterocycles. The van der Waals surface area contributed by atoms with Gasteiger partial charge in [-0.05, 0) is 116 Å². The van der Waals surface area contributed by atoms with E-state index in [1.807, 2.05) is 0 Å². The van der Waals surface area contributed by atoms with Crippen LogP contribution < -0.4 is 0 Å². The number of phosphoric ester groups is 2. The van der Waals surface area contributed by atoms with Crippen molar-refractivity contribution in [2.75, 3.05) is 39.6 Å². The van der Waals surface area contributed by atoms with Crippen molar-refractivity contribution in [3.05, 3.63) is 134 Å². The molecule has 0 heterocycles. The van der Waals surface area contributed by atoms with Crippen molar-refractivity contribution < 1.29 is 75.8 Å². The molecule has 18 heteroatoms. The molecule has 0 saturated heterocycles. The Balaban J connectivity index is 4.47. The van der Waals surface area contributed by atoms with Crippen molar-refractivity contribution in [1.29, 1.82) is 0 Å². The van der Waals surface area contributed by atoms with E-state index >= 15 is 0 Å². The molecule has 0 spiro atoms. The largest absolute Gasteiger partial charge is 0.472 e. The molecule has 4 N–H and O–H groups in total. The van der Waals surface area contributed by atoms with Crippen LogP contribution in [0.1, 0.15) is 342 Å². The van der Waals surface area contributed by atoms with E-state index in [1.165, 1.54) is 128 Å². The molecule has 5 unspecified atom stereocenters. The molecule has 0 fully saturated rings. The van der Waals surface area contributed by atoms with E-state index in [9.17, 15) is 43.5 Å². The molecule has 0 aliphatic carbocycles. The summed E-state index contributed by atoms with van der Waals surface area (Å²) in [4.78, 5) is 58.7. The minimum atomic E-state index is -4.93. The van der Waals surface area contributed by atoms with Gasteiger partial charge in [0.2, 0.25) is 0 Å². The minimum Gasteiger partial charge on any atom is -0.463 e. The number of unbranched alkanes of at least 4 members (excludes halogenated alkanes) is 33. The summed E-state index contributed by atoms with van der Waals surface area (Å²) in [7, 11) is -9.79. The highest BCUT2D eigenvalue weighted by Gasteiger charge is 2.29. The Morgan fingerprint density at radius 1 is 0.276 bits per heavy atom.